The van der Waals surface area contributed by atoms with Crippen LogP contribution in [0.3, 0.4) is 0 Å². The van der Waals surface area contributed by atoms with Gasteiger partial charge in [0, 0.05) is 26.3 Å². The first-order valence-electron chi connectivity index (χ1n) is 8.97. The standard InChI is InChI=1S/C10H11F2N3OS.C9H9F2N3OS.H2/c1-7(17(2,16)15-6-13)8-3-4-9(10(11)12)14-5-8;1-16(15,14-6-12)5-7-2-3-8(9(10)11)13-4-7;/h3-5,7,10H,1-2H3;2-4,9H,5H2,1H3;1H. The third-order valence-electron chi connectivity index (χ3n) is 4.12. The van der Waals surface area contributed by atoms with Crippen LogP contribution in [0.15, 0.2) is 45.4 Å². The van der Waals surface area contributed by atoms with Gasteiger partial charge in [0.2, 0.25) is 12.4 Å². The Hall–Kier alpha value is -3.10. The maximum absolute atomic E-state index is 12.3. The van der Waals surface area contributed by atoms with Gasteiger partial charge < -0.3 is 0 Å². The predicted octanol–water partition coefficient (Wildman–Crippen LogP) is 5.00. The summed E-state index contributed by atoms with van der Waals surface area (Å²) in [4.78, 5) is 7.10. The minimum atomic E-state index is -2.71. The van der Waals surface area contributed by atoms with E-state index >= 15 is 0 Å². The van der Waals surface area contributed by atoms with E-state index < -0.39 is 37.6 Å². The van der Waals surface area contributed by atoms with Gasteiger partial charge >= 0.3 is 0 Å². The number of halogens is 4. The molecule has 0 aliphatic carbocycles. The van der Waals surface area contributed by atoms with Crippen LogP contribution >= 0.6 is 0 Å². The van der Waals surface area contributed by atoms with E-state index in [9.17, 15) is 26.0 Å². The number of hydrogen-bond acceptors (Lipinski definition) is 8. The van der Waals surface area contributed by atoms with Crippen molar-refractivity contribution in [1.29, 1.82) is 10.5 Å². The summed E-state index contributed by atoms with van der Waals surface area (Å²) in [6.45, 7) is 1.61. The highest BCUT2D eigenvalue weighted by Gasteiger charge is 2.17. The van der Waals surface area contributed by atoms with E-state index in [1.54, 1.807) is 6.92 Å². The zero-order valence-corrected chi connectivity index (χ0v) is 19.4. The highest BCUT2D eigenvalue weighted by atomic mass is 32.2. The number of nitrogens with zero attached hydrogens (tertiary/aromatic N) is 6. The van der Waals surface area contributed by atoms with Gasteiger partial charge in [0.05, 0.1) is 30.5 Å². The molecule has 8 nitrogen and oxygen atoms in total. The summed E-state index contributed by atoms with van der Waals surface area (Å²) in [7, 11) is -5.34. The van der Waals surface area contributed by atoms with Crippen molar-refractivity contribution in [2.75, 3.05) is 12.5 Å². The molecule has 3 atom stereocenters. The minimum absolute atomic E-state index is 0. The zero-order valence-electron chi connectivity index (χ0n) is 17.7. The quantitative estimate of drug-likeness (QED) is 0.400. The first kappa shape index (κ1) is 27.9. The smallest absolute Gasteiger partial charge is 0.255 e. The molecule has 0 amide bonds. The second kappa shape index (κ2) is 12.2. The maximum Gasteiger partial charge on any atom is 0.280 e. The number of alkyl halides is 4. The third kappa shape index (κ3) is 9.11. The van der Waals surface area contributed by atoms with Crippen molar-refractivity contribution in [2.24, 2.45) is 8.73 Å². The number of aromatic nitrogens is 2. The Morgan fingerprint density at radius 2 is 1.45 bits per heavy atom. The molecule has 0 saturated carbocycles. The summed E-state index contributed by atoms with van der Waals surface area (Å²) in [5.41, 5.74) is 0.362. The van der Waals surface area contributed by atoms with Crippen molar-refractivity contribution in [3.05, 3.63) is 59.2 Å². The second-order valence-electron chi connectivity index (χ2n) is 6.70. The van der Waals surface area contributed by atoms with Crippen molar-refractivity contribution < 1.29 is 27.4 Å². The Kier molecular flexibility index (Phi) is 10.3. The number of hydrogen-bond donors (Lipinski definition) is 0. The molecule has 14 heteroatoms. The molecule has 0 bridgehead atoms. The Balaban J connectivity index is 0.000000623. The van der Waals surface area contributed by atoms with E-state index in [0.29, 0.717) is 11.1 Å². The monoisotopic (exact) mass is 506 g/mol. The fourth-order valence-corrected chi connectivity index (χ4v) is 4.27. The van der Waals surface area contributed by atoms with Gasteiger partial charge in [-0.05, 0) is 30.2 Å². The number of nitriles is 2. The Bertz CT molecular complexity index is 1260. The predicted molar refractivity (Wildman–Crippen MR) is 117 cm³/mol. The van der Waals surface area contributed by atoms with Crippen molar-refractivity contribution >= 4 is 19.5 Å². The summed E-state index contributed by atoms with van der Waals surface area (Å²) >= 11 is 0. The van der Waals surface area contributed by atoms with Gasteiger partial charge in [-0.1, -0.05) is 12.1 Å². The topological polar surface area (TPSA) is 132 Å². The van der Waals surface area contributed by atoms with Gasteiger partial charge in [0.1, 0.15) is 11.4 Å². The normalized spacial score (nSPS) is 15.1. The van der Waals surface area contributed by atoms with Crippen LogP contribution in [0.5, 0.6) is 0 Å². The molecule has 0 aliphatic heterocycles. The van der Waals surface area contributed by atoms with E-state index in [0.717, 1.165) is 0 Å². The molecule has 0 aromatic carbocycles. The second-order valence-corrected chi connectivity index (χ2v) is 11.7. The fraction of sp³-hybridized carbons (Fsp3) is 0.368. The molecule has 2 aromatic rings. The van der Waals surface area contributed by atoms with Crippen LogP contribution in [-0.2, 0) is 25.2 Å². The van der Waals surface area contributed by atoms with Gasteiger partial charge in [-0.25, -0.2) is 26.0 Å². The summed E-state index contributed by atoms with van der Waals surface area (Å²) in [6, 6.07) is 5.18. The highest BCUT2D eigenvalue weighted by Crippen LogP contribution is 2.24. The van der Waals surface area contributed by atoms with E-state index in [2.05, 4.69) is 18.7 Å². The molecule has 0 fully saturated rings. The van der Waals surface area contributed by atoms with Crippen LogP contribution < -0.4 is 0 Å². The summed E-state index contributed by atoms with van der Waals surface area (Å²) in [6.07, 6.45) is 2.85. The molecule has 0 spiro atoms. The molecule has 0 N–H and O–H groups in total. The lowest BCUT2D eigenvalue weighted by Gasteiger charge is -2.12. The zero-order chi connectivity index (χ0) is 25.2. The van der Waals surface area contributed by atoms with Crippen LogP contribution in [0.25, 0.3) is 0 Å². The van der Waals surface area contributed by atoms with Gasteiger partial charge in [-0.2, -0.15) is 10.5 Å². The lowest BCUT2D eigenvalue weighted by Crippen LogP contribution is -2.08. The highest BCUT2D eigenvalue weighted by molar-refractivity contribution is 7.93. The Morgan fingerprint density at radius 1 is 0.939 bits per heavy atom. The molecule has 0 radical (unpaired) electrons. The van der Waals surface area contributed by atoms with Gasteiger partial charge in [-0.15, -0.1) is 8.73 Å². The molecule has 33 heavy (non-hydrogen) atoms. The first-order chi connectivity index (χ1) is 15.3. The first-order valence-corrected chi connectivity index (χ1v) is 13.0. The Labute approximate surface area is 191 Å². The van der Waals surface area contributed by atoms with E-state index in [1.807, 2.05) is 0 Å². The molecule has 2 rings (SSSR count). The average Bonchev–Trinajstić information content (AvgIpc) is 2.73. The van der Waals surface area contributed by atoms with Crippen LogP contribution in [0.2, 0.25) is 0 Å². The molecule has 0 aliphatic rings. The Morgan fingerprint density at radius 3 is 1.85 bits per heavy atom. The molecule has 3 unspecified atom stereocenters. The van der Waals surface area contributed by atoms with Crippen molar-refractivity contribution in [3.63, 3.8) is 0 Å². The molecule has 0 saturated heterocycles. The lowest BCUT2D eigenvalue weighted by atomic mass is 10.2. The largest absolute Gasteiger partial charge is 0.280 e. The summed E-state index contributed by atoms with van der Waals surface area (Å²) < 4.78 is 79.1. The third-order valence-corrected chi connectivity index (χ3v) is 7.49. The molecular formula is C19H22F4N6O2S2. The van der Waals surface area contributed by atoms with Crippen molar-refractivity contribution in [2.45, 2.75) is 30.8 Å². The van der Waals surface area contributed by atoms with E-state index in [1.165, 1.54) is 61.6 Å². The SMILES string of the molecule is CC(c1ccc(C(F)F)nc1)S(C)(=O)=NC#N.CS(=O)(Cc1ccc(C(F)F)nc1)=NC#N.[HH]. The summed E-state index contributed by atoms with van der Waals surface area (Å²) in [5.74, 6) is 0.0249. The van der Waals surface area contributed by atoms with E-state index in [-0.39, 0.29) is 18.6 Å². The molecule has 2 aromatic heterocycles. The summed E-state index contributed by atoms with van der Waals surface area (Å²) in [5, 5.41) is 16.1. The number of rotatable bonds is 6. The molecular weight excluding hydrogens is 484 g/mol. The maximum atomic E-state index is 12.3. The van der Waals surface area contributed by atoms with Crippen LogP contribution in [-0.4, -0.2) is 30.9 Å². The van der Waals surface area contributed by atoms with E-state index in [4.69, 9.17) is 10.5 Å². The molecule has 2 heterocycles. The average molecular weight is 507 g/mol. The fourth-order valence-electron chi connectivity index (χ4n) is 2.28. The number of pyridine rings is 2. The van der Waals surface area contributed by atoms with Crippen LogP contribution in [0, 0.1) is 22.9 Å². The van der Waals surface area contributed by atoms with Crippen molar-refractivity contribution in [1.82, 2.24) is 9.97 Å². The van der Waals surface area contributed by atoms with Crippen LogP contribution in [0.1, 0.15) is 49.0 Å². The van der Waals surface area contributed by atoms with Gasteiger partial charge in [-0.3, -0.25) is 9.97 Å². The minimum Gasteiger partial charge on any atom is -0.255 e. The van der Waals surface area contributed by atoms with Crippen LogP contribution in [0.4, 0.5) is 17.6 Å². The van der Waals surface area contributed by atoms with Crippen molar-refractivity contribution in [3.8, 4) is 12.4 Å². The van der Waals surface area contributed by atoms with Gasteiger partial charge in [0.25, 0.3) is 12.9 Å². The molecule has 180 valence electrons. The van der Waals surface area contributed by atoms with Gasteiger partial charge in [0.15, 0.2) is 0 Å². The lowest BCUT2D eigenvalue weighted by molar-refractivity contribution is 0.145.